The minimum Gasteiger partial charge on any atom is -0.505 e. The summed E-state index contributed by atoms with van der Waals surface area (Å²) < 4.78 is 61.4. The number of carbonyl (C=O) groups is 2. The first kappa shape index (κ1) is 17.5. The molecule has 0 aliphatic heterocycles. The summed E-state index contributed by atoms with van der Waals surface area (Å²) in [7, 11) is -5.95. The van der Waals surface area contributed by atoms with E-state index in [0.717, 1.165) is 0 Å². The van der Waals surface area contributed by atoms with Gasteiger partial charge in [-0.2, -0.15) is 21.6 Å². The highest BCUT2D eigenvalue weighted by molar-refractivity contribution is 7.87. The van der Waals surface area contributed by atoms with Crippen molar-refractivity contribution in [1.82, 2.24) is 10.3 Å². The monoisotopic (exact) mass is 344 g/mol. The Kier molecular flexibility index (Phi) is 4.80. The number of halogens is 3. The quantitative estimate of drug-likeness (QED) is 0.493. The molecule has 0 saturated carbocycles. The van der Waals surface area contributed by atoms with Crippen molar-refractivity contribution in [3.05, 3.63) is 18.0 Å². The number of aliphatic carboxylic acids is 1. The Balaban J connectivity index is 2.95. The van der Waals surface area contributed by atoms with Gasteiger partial charge in [-0.15, -0.1) is 0 Å². The number of amides is 1. The third-order valence-corrected chi connectivity index (χ3v) is 2.93. The number of carboxylic acids is 1. The molecule has 22 heavy (non-hydrogen) atoms. The molecule has 122 valence electrons. The van der Waals surface area contributed by atoms with Gasteiger partial charge in [-0.3, -0.25) is 9.59 Å². The highest BCUT2D eigenvalue weighted by Crippen LogP contribution is 2.28. The molecule has 0 atom stereocenters. The topological polar surface area (TPSA) is 143 Å². The lowest BCUT2D eigenvalue weighted by molar-refractivity contribution is -0.135. The first-order chi connectivity index (χ1) is 9.94. The zero-order chi connectivity index (χ0) is 17.1. The van der Waals surface area contributed by atoms with Crippen LogP contribution in [0.1, 0.15) is 10.5 Å². The van der Waals surface area contributed by atoms with Crippen LogP contribution >= 0.6 is 0 Å². The molecule has 9 nitrogen and oxygen atoms in total. The van der Waals surface area contributed by atoms with Crippen molar-refractivity contribution >= 4 is 22.0 Å². The molecule has 1 heterocycles. The number of carboxylic acid groups (broad SMARTS) is 1. The maximum absolute atomic E-state index is 12.1. The van der Waals surface area contributed by atoms with E-state index in [0.29, 0.717) is 12.3 Å². The van der Waals surface area contributed by atoms with Crippen LogP contribution in [0, 0.1) is 0 Å². The highest BCUT2D eigenvalue weighted by atomic mass is 32.2. The van der Waals surface area contributed by atoms with Crippen LogP contribution in [-0.2, 0) is 14.9 Å². The highest BCUT2D eigenvalue weighted by Gasteiger charge is 2.48. The molecule has 0 radical (unpaired) electrons. The second-order valence-electron chi connectivity index (χ2n) is 3.60. The SMILES string of the molecule is O=C(O)CNC(=O)c1ncc(OS(=O)(=O)C(F)(F)F)cc1O. The number of aromatic nitrogens is 1. The molecule has 3 N–H and O–H groups in total. The van der Waals surface area contributed by atoms with E-state index in [4.69, 9.17) is 5.11 Å². The van der Waals surface area contributed by atoms with Gasteiger partial charge in [0.1, 0.15) is 6.54 Å². The minimum absolute atomic E-state index is 0.409. The van der Waals surface area contributed by atoms with Gasteiger partial charge in [0.05, 0.1) is 6.20 Å². The maximum atomic E-state index is 12.1. The number of pyridine rings is 1. The van der Waals surface area contributed by atoms with E-state index in [1.807, 2.05) is 5.32 Å². The van der Waals surface area contributed by atoms with Crippen LogP contribution < -0.4 is 9.50 Å². The van der Waals surface area contributed by atoms with Crippen molar-refractivity contribution < 1.29 is 45.6 Å². The fourth-order valence-electron chi connectivity index (χ4n) is 1.07. The Morgan fingerprint density at radius 3 is 2.41 bits per heavy atom. The van der Waals surface area contributed by atoms with Crippen LogP contribution in [0.15, 0.2) is 12.3 Å². The van der Waals surface area contributed by atoms with Gasteiger partial charge in [0.25, 0.3) is 5.91 Å². The second-order valence-corrected chi connectivity index (χ2v) is 5.14. The molecule has 1 rings (SSSR count). The zero-order valence-electron chi connectivity index (χ0n) is 10.3. The Morgan fingerprint density at radius 2 is 1.95 bits per heavy atom. The molecule has 0 unspecified atom stereocenters. The van der Waals surface area contributed by atoms with Crippen molar-refractivity contribution in [1.29, 1.82) is 0 Å². The number of nitrogens with one attached hydrogen (secondary N) is 1. The van der Waals surface area contributed by atoms with Gasteiger partial charge in [0, 0.05) is 6.07 Å². The standard InChI is InChI=1S/C9H7F3N2O7S/c10-9(11,12)22(19,20)21-4-1-5(15)7(13-2-4)8(18)14-3-6(16)17/h1-2,15H,3H2,(H,14,18)(H,16,17). The lowest BCUT2D eigenvalue weighted by Gasteiger charge is -2.10. The molecule has 13 heteroatoms. The van der Waals surface area contributed by atoms with Gasteiger partial charge >= 0.3 is 21.6 Å². The van der Waals surface area contributed by atoms with Crippen molar-refractivity contribution in [2.24, 2.45) is 0 Å². The van der Waals surface area contributed by atoms with Gasteiger partial charge in [0.15, 0.2) is 17.2 Å². The smallest absolute Gasteiger partial charge is 0.505 e. The number of nitrogens with zero attached hydrogens (tertiary/aromatic N) is 1. The van der Waals surface area contributed by atoms with Gasteiger partial charge in [-0.1, -0.05) is 0 Å². The number of rotatable bonds is 5. The van der Waals surface area contributed by atoms with Gasteiger partial charge < -0.3 is 19.7 Å². The molecule has 1 aromatic rings. The molecular formula is C9H7F3N2O7S. The van der Waals surface area contributed by atoms with Crippen molar-refractivity contribution in [3.8, 4) is 11.5 Å². The number of alkyl halides is 3. The summed E-state index contributed by atoms with van der Waals surface area (Å²) in [5.74, 6) is -4.50. The Hall–Kier alpha value is -2.57. The van der Waals surface area contributed by atoms with Gasteiger partial charge in [-0.25, -0.2) is 4.98 Å². The zero-order valence-corrected chi connectivity index (χ0v) is 11.1. The van der Waals surface area contributed by atoms with Crippen LogP contribution in [0.5, 0.6) is 11.5 Å². The van der Waals surface area contributed by atoms with Gasteiger partial charge in [0.2, 0.25) is 0 Å². The van der Waals surface area contributed by atoms with Crippen LogP contribution in [0.3, 0.4) is 0 Å². The number of hydrogen-bond acceptors (Lipinski definition) is 7. The lowest BCUT2D eigenvalue weighted by atomic mass is 10.3. The van der Waals surface area contributed by atoms with E-state index in [1.54, 1.807) is 0 Å². The first-order valence-electron chi connectivity index (χ1n) is 5.14. The number of carbonyl (C=O) groups excluding carboxylic acids is 1. The van der Waals surface area contributed by atoms with Crippen LogP contribution in [0.4, 0.5) is 13.2 Å². The molecule has 0 bridgehead atoms. The molecule has 0 aliphatic carbocycles. The van der Waals surface area contributed by atoms with E-state index in [9.17, 15) is 36.3 Å². The molecule has 1 aromatic heterocycles. The number of hydrogen-bond donors (Lipinski definition) is 3. The molecular weight excluding hydrogens is 337 g/mol. The summed E-state index contributed by atoms with van der Waals surface area (Å²) in [6, 6.07) is 0.409. The predicted octanol–water partition coefficient (Wildman–Crippen LogP) is -0.170. The van der Waals surface area contributed by atoms with Crippen molar-refractivity contribution in [2.75, 3.05) is 6.54 Å². The van der Waals surface area contributed by atoms with E-state index < -0.39 is 51.2 Å². The summed E-state index contributed by atoms with van der Waals surface area (Å²) in [4.78, 5) is 24.8. The van der Waals surface area contributed by atoms with E-state index in [1.165, 1.54) is 0 Å². The fourth-order valence-corrected chi connectivity index (χ4v) is 1.51. The van der Waals surface area contributed by atoms with E-state index in [-0.39, 0.29) is 0 Å². The number of aromatic hydroxyl groups is 1. The average molecular weight is 344 g/mol. The molecule has 0 spiro atoms. The third kappa shape index (κ3) is 4.21. The maximum Gasteiger partial charge on any atom is 0.534 e. The van der Waals surface area contributed by atoms with E-state index in [2.05, 4.69) is 9.17 Å². The summed E-state index contributed by atoms with van der Waals surface area (Å²) in [5, 5.41) is 19.6. The molecule has 0 saturated heterocycles. The van der Waals surface area contributed by atoms with Crippen LogP contribution in [-0.4, -0.2) is 47.5 Å². The van der Waals surface area contributed by atoms with Crippen molar-refractivity contribution in [2.45, 2.75) is 5.51 Å². The molecule has 0 fully saturated rings. The summed E-state index contributed by atoms with van der Waals surface area (Å²) in [6.45, 7) is -0.791. The van der Waals surface area contributed by atoms with E-state index >= 15 is 0 Å². The molecule has 0 aromatic carbocycles. The second kappa shape index (κ2) is 6.05. The van der Waals surface area contributed by atoms with Gasteiger partial charge in [-0.05, 0) is 0 Å². The molecule has 1 amide bonds. The van der Waals surface area contributed by atoms with Crippen LogP contribution in [0.2, 0.25) is 0 Å². The lowest BCUT2D eigenvalue weighted by Crippen LogP contribution is -2.30. The van der Waals surface area contributed by atoms with Crippen molar-refractivity contribution in [3.63, 3.8) is 0 Å². The third-order valence-electron chi connectivity index (χ3n) is 1.95. The first-order valence-corrected chi connectivity index (χ1v) is 6.54. The Labute approximate surface area is 120 Å². The summed E-state index contributed by atoms with van der Waals surface area (Å²) in [6.07, 6.45) is 0.443. The molecule has 0 aliphatic rings. The minimum atomic E-state index is -5.95. The Bertz CT molecular complexity index is 702. The average Bonchev–Trinajstić information content (AvgIpc) is 2.34. The summed E-state index contributed by atoms with van der Waals surface area (Å²) in [5.41, 5.74) is -6.40. The predicted molar refractivity (Wildman–Crippen MR) is 61.5 cm³/mol. The fraction of sp³-hybridized carbons (Fsp3) is 0.222. The van der Waals surface area contributed by atoms with Crippen LogP contribution in [0.25, 0.3) is 0 Å². The Morgan fingerprint density at radius 1 is 1.36 bits per heavy atom. The largest absolute Gasteiger partial charge is 0.534 e. The summed E-state index contributed by atoms with van der Waals surface area (Å²) >= 11 is 0. The normalized spacial score (nSPS) is 11.8.